The summed E-state index contributed by atoms with van der Waals surface area (Å²) < 4.78 is 26.5. The number of likely N-dealkylation sites (N-methyl/N-ethyl adjacent to an activating group) is 1. The standard InChI is InChI=1S/C36H40N3O5P/c1-37(19-20-43-45(2,41)42)36(40)26-12-4-3-11-25(26)31-29-21-23-9-5-15-38-17-7-13-27(32(23)38)34(29)44-35-28-14-8-18-39-16-6-10-24(33(28)39)22-30(31)35/h3-4,11-12,21-22H,5-10,13-20H2,1-2H3/p+1. The summed E-state index contributed by atoms with van der Waals surface area (Å²) >= 11 is 0. The van der Waals surface area contributed by atoms with Crippen molar-refractivity contribution in [3.05, 3.63) is 85.9 Å². The number of aryl methyl sites for hydroxylation is 2. The van der Waals surface area contributed by atoms with Crippen LogP contribution in [0.3, 0.4) is 0 Å². The third kappa shape index (κ3) is 4.93. The van der Waals surface area contributed by atoms with Crippen LogP contribution in [0.4, 0.5) is 5.69 Å². The number of carbonyl (C=O) groups is 1. The van der Waals surface area contributed by atoms with E-state index in [2.05, 4.69) is 27.7 Å². The van der Waals surface area contributed by atoms with Gasteiger partial charge in [-0.1, -0.05) is 18.2 Å². The molecule has 0 aromatic heterocycles. The third-order valence-corrected chi connectivity index (χ3v) is 10.9. The molecule has 45 heavy (non-hydrogen) atoms. The molecule has 0 saturated carbocycles. The molecule has 3 aromatic rings. The molecule has 0 aliphatic carbocycles. The lowest BCUT2D eigenvalue weighted by molar-refractivity contribution is 0.0769. The monoisotopic (exact) mass is 626 g/mol. The Morgan fingerprint density at radius 2 is 1.71 bits per heavy atom. The first-order valence-electron chi connectivity index (χ1n) is 16.5. The summed E-state index contributed by atoms with van der Waals surface area (Å²) in [7, 11) is -1.90. The summed E-state index contributed by atoms with van der Waals surface area (Å²) in [6, 6.07) is 12.6. The highest BCUT2D eigenvalue weighted by molar-refractivity contribution is 7.51. The molecular weight excluding hydrogens is 585 g/mol. The molecule has 234 valence electrons. The SMILES string of the molecule is CN(CCOP(C)(=O)O)C(=O)c1ccccc1C1=c2cc3c4c(c2Oc2c1cc1c5c2CCCN5CCC1)CCC[N+]=4CCC3. The molecule has 0 saturated heterocycles. The van der Waals surface area contributed by atoms with Gasteiger partial charge in [0.25, 0.3) is 5.91 Å². The highest BCUT2D eigenvalue weighted by atomic mass is 31.2. The van der Waals surface area contributed by atoms with Gasteiger partial charge in [-0.25, -0.2) is 4.58 Å². The second kappa shape index (κ2) is 11.1. The van der Waals surface area contributed by atoms with Crippen molar-refractivity contribution in [3.63, 3.8) is 0 Å². The number of benzene rings is 3. The Labute approximate surface area is 264 Å². The fraction of sp³-hybridized carbons (Fsp3) is 0.444. The van der Waals surface area contributed by atoms with Gasteiger partial charge in [-0.3, -0.25) is 9.36 Å². The number of ether oxygens (including phenoxy) is 1. The molecule has 8 rings (SSSR count). The first-order chi connectivity index (χ1) is 21.8. The molecular formula is C36H41N3O5P+. The van der Waals surface area contributed by atoms with Crippen LogP contribution < -0.4 is 24.8 Å². The maximum Gasteiger partial charge on any atom is 0.325 e. The van der Waals surface area contributed by atoms with Crippen LogP contribution in [0.1, 0.15) is 69.4 Å². The van der Waals surface area contributed by atoms with Gasteiger partial charge in [0.15, 0.2) is 0 Å². The summed E-state index contributed by atoms with van der Waals surface area (Å²) in [5, 5.41) is 2.47. The Balaban J connectivity index is 1.38. The molecule has 5 aliphatic rings. The fourth-order valence-electron chi connectivity index (χ4n) is 8.35. The first kappa shape index (κ1) is 29.0. The van der Waals surface area contributed by atoms with Gasteiger partial charge in [-0.2, -0.15) is 0 Å². The second-order valence-corrected chi connectivity index (χ2v) is 15.1. The van der Waals surface area contributed by atoms with Gasteiger partial charge in [0, 0.05) is 84.9 Å². The molecule has 0 radical (unpaired) electrons. The molecule has 1 N–H and O–H groups in total. The molecule has 5 heterocycles. The highest BCUT2D eigenvalue weighted by Gasteiger charge is 2.36. The zero-order chi connectivity index (χ0) is 30.9. The quantitative estimate of drug-likeness (QED) is 0.257. The van der Waals surface area contributed by atoms with E-state index in [0.29, 0.717) is 5.56 Å². The van der Waals surface area contributed by atoms with E-state index in [1.807, 2.05) is 18.2 Å². The number of rotatable bonds is 6. The van der Waals surface area contributed by atoms with Crippen LogP contribution in [0, 0.1) is 0 Å². The minimum Gasteiger partial charge on any atom is -0.455 e. The zero-order valence-electron chi connectivity index (χ0n) is 26.2. The van der Waals surface area contributed by atoms with Gasteiger partial charge < -0.3 is 24.0 Å². The van der Waals surface area contributed by atoms with E-state index in [1.165, 1.54) is 33.3 Å². The molecule has 1 amide bonds. The number of hydrogen-bond acceptors (Lipinski definition) is 5. The van der Waals surface area contributed by atoms with Crippen LogP contribution in [0.5, 0.6) is 11.5 Å². The van der Waals surface area contributed by atoms with E-state index in [1.54, 1.807) is 11.9 Å². The minimum atomic E-state index is -3.63. The van der Waals surface area contributed by atoms with Crippen molar-refractivity contribution in [1.29, 1.82) is 0 Å². The maximum absolute atomic E-state index is 14.1. The van der Waals surface area contributed by atoms with Crippen LogP contribution >= 0.6 is 7.60 Å². The molecule has 8 nitrogen and oxygen atoms in total. The average Bonchev–Trinajstić information content (AvgIpc) is 3.04. The number of fused-ring (bicyclic) bond motifs is 4. The predicted octanol–water partition coefficient (Wildman–Crippen LogP) is 4.03. The van der Waals surface area contributed by atoms with Crippen molar-refractivity contribution in [2.45, 2.75) is 51.4 Å². The van der Waals surface area contributed by atoms with E-state index < -0.39 is 7.60 Å². The van der Waals surface area contributed by atoms with Gasteiger partial charge >= 0.3 is 7.60 Å². The van der Waals surface area contributed by atoms with E-state index >= 15 is 0 Å². The normalized spacial score (nSPS) is 19.0. The summed E-state index contributed by atoms with van der Waals surface area (Å²) in [5.74, 6) is 1.80. The Kier molecular flexibility index (Phi) is 7.16. The van der Waals surface area contributed by atoms with Crippen LogP contribution in [0.2, 0.25) is 0 Å². The van der Waals surface area contributed by atoms with Gasteiger partial charge in [0.05, 0.1) is 12.2 Å². The number of anilines is 1. The van der Waals surface area contributed by atoms with Crippen molar-refractivity contribution < 1.29 is 23.5 Å². The van der Waals surface area contributed by atoms with E-state index in [9.17, 15) is 14.3 Å². The van der Waals surface area contributed by atoms with Gasteiger partial charge in [-0.15, -0.1) is 0 Å². The first-order valence-corrected chi connectivity index (χ1v) is 18.5. The molecule has 0 spiro atoms. The lowest BCUT2D eigenvalue weighted by atomic mass is 9.81. The van der Waals surface area contributed by atoms with Gasteiger partial charge in [-0.05, 0) is 67.9 Å². The van der Waals surface area contributed by atoms with E-state index in [-0.39, 0.29) is 19.1 Å². The van der Waals surface area contributed by atoms with Crippen molar-refractivity contribution in [2.75, 3.05) is 57.9 Å². The number of amides is 1. The van der Waals surface area contributed by atoms with Gasteiger partial charge in [0.2, 0.25) is 5.36 Å². The van der Waals surface area contributed by atoms with Crippen molar-refractivity contribution in [3.8, 4) is 11.5 Å². The minimum absolute atomic E-state index is 0.0112. The summed E-state index contributed by atoms with van der Waals surface area (Å²) in [4.78, 5) is 27.8. The lowest BCUT2D eigenvalue weighted by Gasteiger charge is -2.39. The van der Waals surface area contributed by atoms with Crippen molar-refractivity contribution in [2.24, 2.45) is 0 Å². The average molecular weight is 627 g/mol. The summed E-state index contributed by atoms with van der Waals surface area (Å²) in [6.07, 6.45) is 8.59. The van der Waals surface area contributed by atoms with Crippen molar-refractivity contribution in [1.82, 2.24) is 9.48 Å². The zero-order valence-corrected chi connectivity index (χ0v) is 27.1. The Hall–Kier alpha value is -3.45. The van der Waals surface area contributed by atoms with E-state index in [4.69, 9.17) is 9.26 Å². The second-order valence-electron chi connectivity index (χ2n) is 13.3. The molecule has 0 bridgehead atoms. The molecule has 5 aliphatic heterocycles. The van der Waals surface area contributed by atoms with Crippen LogP contribution in [-0.2, 0) is 34.8 Å². The molecule has 1 unspecified atom stereocenters. The number of nitrogens with zero attached hydrogens (tertiary/aromatic N) is 3. The molecule has 1 atom stereocenters. The molecule has 3 aromatic carbocycles. The molecule has 9 heteroatoms. The Bertz CT molecular complexity index is 1920. The van der Waals surface area contributed by atoms with Crippen molar-refractivity contribution >= 4 is 24.8 Å². The Morgan fingerprint density at radius 3 is 2.53 bits per heavy atom. The fourth-order valence-corrected chi connectivity index (χ4v) is 8.77. The smallest absolute Gasteiger partial charge is 0.325 e. The largest absolute Gasteiger partial charge is 0.455 e. The van der Waals surface area contributed by atoms with Crippen LogP contribution in [0.15, 0.2) is 36.4 Å². The maximum atomic E-state index is 14.1. The summed E-state index contributed by atoms with van der Waals surface area (Å²) in [6.45, 7) is 5.74. The highest BCUT2D eigenvalue weighted by Crippen LogP contribution is 2.48. The topological polar surface area (TPSA) is 82.3 Å². The molecule has 0 fully saturated rings. The van der Waals surface area contributed by atoms with Crippen LogP contribution in [-0.4, -0.2) is 68.7 Å². The lowest BCUT2D eigenvalue weighted by Crippen LogP contribution is -2.45. The van der Waals surface area contributed by atoms with E-state index in [0.717, 1.165) is 118 Å². The summed E-state index contributed by atoms with van der Waals surface area (Å²) in [5.41, 5.74) is 10.5. The predicted molar refractivity (Wildman–Crippen MR) is 175 cm³/mol. The Morgan fingerprint density at radius 1 is 0.978 bits per heavy atom. The third-order valence-electron chi connectivity index (χ3n) is 10.2. The number of hydrogen-bond donors (Lipinski definition) is 1. The van der Waals surface area contributed by atoms with Gasteiger partial charge in [0.1, 0.15) is 24.6 Å². The number of carbonyl (C=O) groups excluding carboxylic acids is 1. The van der Waals surface area contributed by atoms with Crippen LogP contribution in [0.25, 0.3) is 5.57 Å².